The summed E-state index contributed by atoms with van der Waals surface area (Å²) in [7, 11) is 0. The summed E-state index contributed by atoms with van der Waals surface area (Å²) in [5.41, 5.74) is 7.41. The molecule has 19 heavy (non-hydrogen) atoms. The van der Waals surface area contributed by atoms with Gasteiger partial charge in [-0.1, -0.05) is 18.6 Å². The molecule has 0 saturated heterocycles. The summed E-state index contributed by atoms with van der Waals surface area (Å²) in [6.07, 6.45) is 5.66. The molecule has 0 aliphatic heterocycles. The Balaban J connectivity index is 0.00000133. The fourth-order valence-corrected chi connectivity index (χ4v) is 3.50. The third kappa shape index (κ3) is 3.21. The van der Waals surface area contributed by atoms with Crippen molar-refractivity contribution in [1.82, 2.24) is 5.32 Å². The third-order valence-corrected chi connectivity index (χ3v) is 4.43. The number of nitrogen functional groups attached to an aromatic ring is 1. The van der Waals surface area contributed by atoms with E-state index in [1.165, 1.54) is 25.7 Å². The number of benzene rings is 1. The first-order valence-electron chi connectivity index (χ1n) is 6.84. The van der Waals surface area contributed by atoms with Gasteiger partial charge in [-0.05, 0) is 48.8 Å². The van der Waals surface area contributed by atoms with E-state index >= 15 is 0 Å². The lowest BCUT2D eigenvalue weighted by atomic mass is 9.95. The maximum atomic E-state index is 12.0. The van der Waals surface area contributed by atoms with Crippen molar-refractivity contribution >= 4 is 24.0 Å². The Morgan fingerprint density at radius 2 is 1.95 bits per heavy atom. The highest BCUT2D eigenvalue weighted by atomic mass is 35.5. The summed E-state index contributed by atoms with van der Waals surface area (Å²) in [6, 6.07) is 7.98. The monoisotopic (exact) mass is 280 g/mol. The van der Waals surface area contributed by atoms with Gasteiger partial charge in [-0.15, -0.1) is 12.4 Å². The fraction of sp³-hybridized carbons (Fsp3) is 0.533. The Morgan fingerprint density at radius 1 is 1.21 bits per heavy atom. The zero-order valence-electron chi connectivity index (χ0n) is 11.0. The lowest BCUT2D eigenvalue weighted by Crippen LogP contribution is -2.39. The second-order valence-corrected chi connectivity index (χ2v) is 5.77. The number of nitrogens with two attached hydrogens (primary N) is 1. The van der Waals surface area contributed by atoms with Gasteiger partial charge in [0.25, 0.3) is 0 Å². The zero-order chi connectivity index (χ0) is 12.5. The van der Waals surface area contributed by atoms with Gasteiger partial charge in [0.1, 0.15) is 0 Å². The number of fused-ring (bicyclic) bond motifs is 2. The van der Waals surface area contributed by atoms with E-state index < -0.39 is 0 Å². The molecule has 0 aromatic heterocycles. The van der Waals surface area contributed by atoms with Gasteiger partial charge in [0.15, 0.2) is 0 Å². The van der Waals surface area contributed by atoms with Crippen LogP contribution in [0.5, 0.6) is 0 Å². The van der Waals surface area contributed by atoms with E-state index in [1.807, 2.05) is 24.3 Å². The van der Waals surface area contributed by atoms with Crippen molar-refractivity contribution in [2.75, 3.05) is 5.73 Å². The number of halogens is 1. The summed E-state index contributed by atoms with van der Waals surface area (Å²) >= 11 is 0. The number of carbonyl (C=O) groups excluding carboxylic acids is 1. The van der Waals surface area contributed by atoms with Gasteiger partial charge in [-0.25, -0.2) is 0 Å². The van der Waals surface area contributed by atoms with Crippen LogP contribution in [0.3, 0.4) is 0 Å². The molecule has 2 aliphatic carbocycles. The predicted octanol–water partition coefficient (Wildman–Crippen LogP) is 2.54. The molecule has 1 amide bonds. The Hall–Kier alpha value is -1.22. The minimum atomic E-state index is 0. The van der Waals surface area contributed by atoms with E-state index in [0.29, 0.717) is 12.5 Å². The maximum Gasteiger partial charge on any atom is 0.224 e. The fourth-order valence-electron chi connectivity index (χ4n) is 3.50. The highest BCUT2D eigenvalue weighted by Gasteiger charge is 2.39. The Labute approximate surface area is 120 Å². The van der Waals surface area contributed by atoms with Crippen molar-refractivity contribution in [3.63, 3.8) is 0 Å². The Kier molecular flexibility index (Phi) is 4.35. The minimum Gasteiger partial charge on any atom is -0.399 e. The van der Waals surface area contributed by atoms with Gasteiger partial charge in [-0.3, -0.25) is 4.79 Å². The molecule has 104 valence electrons. The third-order valence-electron chi connectivity index (χ3n) is 4.43. The SMILES string of the molecule is Cl.Nc1ccc(CC(=O)NC2CC3CCC2C3)cc1. The van der Waals surface area contributed by atoms with Crippen LogP contribution in [0.25, 0.3) is 0 Å². The van der Waals surface area contributed by atoms with Crippen LogP contribution >= 0.6 is 12.4 Å². The molecule has 3 nitrogen and oxygen atoms in total. The lowest BCUT2D eigenvalue weighted by molar-refractivity contribution is -0.121. The molecule has 0 heterocycles. The van der Waals surface area contributed by atoms with Gasteiger partial charge in [-0.2, -0.15) is 0 Å². The minimum absolute atomic E-state index is 0. The summed E-state index contributed by atoms with van der Waals surface area (Å²) in [6.45, 7) is 0. The van der Waals surface area contributed by atoms with Crippen LogP contribution in [0.1, 0.15) is 31.2 Å². The molecule has 2 saturated carbocycles. The van der Waals surface area contributed by atoms with Crippen LogP contribution in [-0.4, -0.2) is 11.9 Å². The smallest absolute Gasteiger partial charge is 0.224 e. The maximum absolute atomic E-state index is 12.0. The molecule has 0 spiro atoms. The number of hydrogen-bond donors (Lipinski definition) is 2. The standard InChI is InChI=1S/C15H20N2O.ClH/c16-13-5-2-10(3-6-13)9-15(18)17-14-8-11-1-4-12(14)7-11;/h2-3,5-6,11-12,14H,1,4,7-9,16H2,(H,17,18);1H. The molecule has 2 aliphatic rings. The molecular formula is C15H21ClN2O. The van der Waals surface area contributed by atoms with E-state index in [-0.39, 0.29) is 18.3 Å². The van der Waals surface area contributed by atoms with Crippen LogP contribution in [0.15, 0.2) is 24.3 Å². The van der Waals surface area contributed by atoms with Gasteiger partial charge in [0.05, 0.1) is 6.42 Å². The second-order valence-electron chi connectivity index (χ2n) is 5.77. The molecule has 3 unspecified atom stereocenters. The summed E-state index contributed by atoms with van der Waals surface area (Å²) in [5.74, 6) is 1.76. The molecule has 3 N–H and O–H groups in total. The largest absolute Gasteiger partial charge is 0.399 e. The zero-order valence-corrected chi connectivity index (χ0v) is 11.8. The topological polar surface area (TPSA) is 55.1 Å². The number of anilines is 1. The Bertz CT molecular complexity index is 446. The van der Waals surface area contributed by atoms with Crippen molar-refractivity contribution in [1.29, 1.82) is 0 Å². The van der Waals surface area contributed by atoms with Crippen LogP contribution in [0, 0.1) is 11.8 Å². The lowest BCUT2D eigenvalue weighted by Gasteiger charge is -2.22. The van der Waals surface area contributed by atoms with Gasteiger partial charge >= 0.3 is 0 Å². The van der Waals surface area contributed by atoms with E-state index in [9.17, 15) is 4.79 Å². The quantitative estimate of drug-likeness (QED) is 0.836. The molecule has 0 radical (unpaired) electrons. The average molecular weight is 281 g/mol. The second kappa shape index (κ2) is 5.83. The van der Waals surface area contributed by atoms with Gasteiger partial charge < -0.3 is 11.1 Å². The normalized spacial score (nSPS) is 27.9. The number of hydrogen-bond acceptors (Lipinski definition) is 2. The molecule has 3 atom stereocenters. The first-order chi connectivity index (χ1) is 8.70. The van der Waals surface area contributed by atoms with E-state index in [2.05, 4.69) is 5.32 Å². The number of amides is 1. The van der Waals surface area contributed by atoms with Crippen molar-refractivity contribution in [2.45, 2.75) is 38.1 Å². The van der Waals surface area contributed by atoms with Gasteiger partial charge in [0.2, 0.25) is 5.91 Å². The molecular weight excluding hydrogens is 260 g/mol. The van der Waals surface area contributed by atoms with Crippen molar-refractivity contribution < 1.29 is 4.79 Å². The van der Waals surface area contributed by atoms with E-state index in [4.69, 9.17) is 5.73 Å². The van der Waals surface area contributed by atoms with Crippen LogP contribution in [0.2, 0.25) is 0 Å². The highest BCUT2D eigenvalue weighted by Crippen LogP contribution is 2.44. The summed E-state index contributed by atoms with van der Waals surface area (Å²) < 4.78 is 0. The molecule has 1 aromatic rings. The highest BCUT2D eigenvalue weighted by molar-refractivity contribution is 5.85. The van der Waals surface area contributed by atoms with Crippen LogP contribution in [0.4, 0.5) is 5.69 Å². The number of carbonyl (C=O) groups is 1. The average Bonchev–Trinajstić information content (AvgIpc) is 2.94. The van der Waals surface area contributed by atoms with Crippen LogP contribution < -0.4 is 11.1 Å². The van der Waals surface area contributed by atoms with E-state index in [0.717, 1.165) is 23.1 Å². The molecule has 3 rings (SSSR count). The summed E-state index contributed by atoms with van der Waals surface area (Å²) in [4.78, 5) is 12.0. The van der Waals surface area contributed by atoms with Crippen molar-refractivity contribution in [3.8, 4) is 0 Å². The number of nitrogens with one attached hydrogen (secondary N) is 1. The van der Waals surface area contributed by atoms with E-state index in [1.54, 1.807) is 0 Å². The summed E-state index contributed by atoms with van der Waals surface area (Å²) in [5, 5.41) is 3.20. The molecule has 4 heteroatoms. The molecule has 2 bridgehead atoms. The van der Waals surface area contributed by atoms with Crippen molar-refractivity contribution in [3.05, 3.63) is 29.8 Å². The molecule has 2 fully saturated rings. The predicted molar refractivity (Wildman–Crippen MR) is 79.2 cm³/mol. The first-order valence-corrected chi connectivity index (χ1v) is 6.84. The van der Waals surface area contributed by atoms with Crippen LogP contribution in [-0.2, 0) is 11.2 Å². The van der Waals surface area contributed by atoms with Crippen molar-refractivity contribution in [2.24, 2.45) is 11.8 Å². The Morgan fingerprint density at radius 3 is 2.53 bits per heavy atom. The van der Waals surface area contributed by atoms with Gasteiger partial charge in [0, 0.05) is 11.7 Å². The molecule has 1 aromatic carbocycles. The first kappa shape index (κ1) is 14.2. The number of rotatable bonds is 3.